The molecule has 1 atom stereocenters. The molecule has 0 radical (unpaired) electrons. The quantitative estimate of drug-likeness (QED) is 0.453. The van der Waals surface area contributed by atoms with Crippen LogP contribution in [-0.2, 0) is 31.5 Å². The number of azo groups is 1. The first-order valence-electron chi connectivity index (χ1n) is 9.00. The van der Waals surface area contributed by atoms with Crippen molar-refractivity contribution in [3.63, 3.8) is 0 Å². The summed E-state index contributed by atoms with van der Waals surface area (Å²) in [6.45, 7) is 3.27. The minimum absolute atomic E-state index is 0.0700. The van der Waals surface area contributed by atoms with E-state index in [-0.39, 0.29) is 22.1 Å². The third-order valence-electron chi connectivity index (χ3n) is 4.52. The van der Waals surface area contributed by atoms with Gasteiger partial charge in [-0.05, 0) is 49.2 Å². The number of hydrazone groups is 1. The molecule has 170 valence electrons. The molecular weight excluding hydrogens is 484 g/mol. The number of halogens is 1. The number of nitrogens with zero attached hydrogens (tertiary/aromatic N) is 4. The maximum Gasteiger partial charge on any atom is 0.296 e. The largest absolute Gasteiger partial charge is 0.296 e. The molecule has 2 aromatic rings. The van der Waals surface area contributed by atoms with Crippen LogP contribution in [0.25, 0.3) is 0 Å². The van der Waals surface area contributed by atoms with Gasteiger partial charge in [-0.3, -0.25) is 13.9 Å². The molecule has 1 unspecified atom stereocenters. The van der Waals surface area contributed by atoms with Crippen LogP contribution in [0.5, 0.6) is 0 Å². The van der Waals surface area contributed by atoms with Gasteiger partial charge in [0.25, 0.3) is 26.1 Å². The molecule has 0 fully saturated rings. The lowest BCUT2D eigenvalue weighted by molar-refractivity contribution is -0.117. The van der Waals surface area contributed by atoms with Gasteiger partial charge >= 0.3 is 0 Å². The summed E-state index contributed by atoms with van der Waals surface area (Å²) >= 11 is 6.02. The van der Waals surface area contributed by atoms with Gasteiger partial charge in [0.2, 0.25) is 0 Å². The van der Waals surface area contributed by atoms with Gasteiger partial charge in [-0.1, -0.05) is 24.6 Å². The highest BCUT2D eigenvalue weighted by atomic mass is 35.5. The average Bonchev–Trinajstić information content (AvgIpc) is 2.99. The fourth-order valence-corrected chi connectivity index (χ4v) is 4.43. The van der Waals surface area contributed by atoms with Crippen LogP contribution in [-0.4, -0.2) is 43.6 Å². The Morgan fingerprint density at radius 3 is 2.41 bits per heavy atom. The van der Waals surface area contributed by atoms with Crippen molar-refractivity contribution < 1.29 is 30.7 Å². The van der Waals surface area contributed by atoms with Crippen LogP contribution in [0.3, 0.4) is 0 Å². The fraction of sp³-hybridized carbons (Fsp3) is 0.222. The van der Waals surface area contributed by atoms with Gasteiger partial charge in [0, 0.05) is 5.02 Å². The molecule has 0 spiro atoms. The van der Waals surface area contributed by atoms with E-state index in [1.165, 1.54) is 25.1 Å². The van der Waals surface area contributed by atoms with E-state index in [1.54, 1.807) is 6.92 Å². The number of hydrogen-bond acceptors (Lipinski definition) is 8. The molecule has 0 aromatic heterocycles. The summed E-state index contributed by atoms with van der Waals surface area (Å²) in [5.41, 5.74) is 0.621. The average molecular weight is 501 g/mol. The molecule has 11 nitrogen and oxygen atoms in total. The van der Waals surface area contributed by atoms with Crippen LogP contribution in [0.2, 0.25) is 5.02 Å². The lowest BCUT2D eigenvalue weighted by Gasteiger charge is -2.13. The van der Waals surface area contributed by atoms with E-state index in [0.717, 1.165) is 23.2 Å². The van der Waals surface area contributed by atoms with E-state index in [1.807, 2.05) is 0 Å². The van der Waals surface area contributed by atoms with Crippen LogP contribution in [0.15, 0.2) is 61.5 Å². The molecule has 0 bridgehead atoms. The summed E-state index contributed by atoms with van der Waals surface area (Å²) in [6, 6.07) is 6.11. The Labute approximate surface area is 188 Å². The number of rotatable bonds is 6. The first kappa shape index (κ1) is 23.9. The van der Waals surface area contributed by atoms with Crippen LogP contribution in [0.4, 0.5) is 11.4 Å². The van der Waals surface area contributed by atoms with Crippen molar-refractivity contribution in [1.29, 1.82) is 0 Å². The van der Waals surface area contributed by atoms with Gasteiger partial charge in [-0.2, -0.15) is 37.2 Å². The Morgan fingerprint density at radius 1 is 1.12 bits per heavy atom. The molecule has 32 heavy (non-hydrogen) atoms. The third kappa shape index (κ3) is 4.86. The fourth-order valence-electron chi connectivity index (χ4n) is 2.91. The smallest absolute Gasteiger partial charge is 0.282 e. The van der Waals surface area contributed by atoms with E-state index in [9.17, 15) is 30.7 Å². The van der Waals surface area contributed by atoms with E-state index in [2.05, 4.69) is 15.3 Å². The Bertz CT molecular complexity index is 1370. The number of carbonyl (C=O) groups is 1. The van der Waals surface area contributed by atoms with Crippen molar-refractivity contribution in [2.75, 3.05) is 5.01 Å². The predicted molar refractivity (Wildman–Crippen MR) is 116 cm³/mol. The summed E-state index contributed by atoms with van der Waals surface area (Å²) in [5.74, 6) is -0.683. The van der Waals surface area contributed by atoms with E-state index in [0.29, 0.717) is 12.0 Å². The Hall–Kier alpha value is -2.71. The van der Waals surface area contributed by atoms with Gasteiger partial charge in [-0.15, -0.1) is 0 Å². The number of carbonyl (C=O) groups excluding carboxylic acids is 1. The number of amides is 1. The van der Waals surface area contributed by atoms with Crippen molar-refractivity contribution in [1.82, 2.24) is 0 Å². The summed E-state index contributed by atoms with van der Waals surface area (Å²) in [4.78, 5) is 11.8. The minimum atomic E-state index is -4.67. The van der Waals surface area contributed by atoms with Crippen LogP contribution < -0.4 is 5.01 Å². The molecule has 1 amide bonds. The van der Waals surface area contributed by atoms with E-state index < -0.39 is 42.0 Å². The van der Waals surface area contributed by atoms with Crippen LogP contribution >= 0.6 is 11.6 Å². The Kier molecular flexibility index (Phi) is 6.49. The summed E-state index contributed by atoms with van der Waals surface area (Å²) in [5, 5.41) is 12.8. The lowest BCUT2D eigenvalue weighted by Crippen LogP contribution is -2.29. The molecule has 3 rings (SSSR count). The second-order valence-electron chi connectivity index (χ2n) is 6.72. The Balaban J connectivity index is 1.97. The SMILES string of the molecule is CCc1cc(N=NC2C(=O)N(c3cccc(S(=O)(=O)O)c3)N=C2C)c(S(=O)(=O)O)cc1Cl. The lowest BCUT2D eigenvalue weighted by atomic mass is 10.1. The van der Waals surface area contributed by atoms with Gasteiger partial charge in [0.15, 0.2) is 6.04 Å². The topological polar surface area (TPSA) is 166 Å². The summed E-state index contributed by atoms with van der Waals surface area (Å²) < 4.78 is 64.8. The first-order chi connectivity index (χ1) is 14.8. The predicted octanol–water partition coefficient (Wildman–Crippen LogP) is 3.27. The molecule has 0 aliphatic carbocycles. The van der Waals surface area contributed by atoms with Crippen molar-refractivity contribution in [3.05, 3.63) is 47.0 Å². The molecule has 0 saturated carbocycles. The second-order valence-corrected chi connectivity index (χ2v) is 9.94. The van der Waals surface area contributed by atoms with Gasteiger partial charge in [0.05, 0.1) is 16.3 Å². The van der Waals surface area contributed by atoms with Gasteiger partial charge < -0.3 is 0 Å². The number of anilines is 1. The van der Waals surface area contributed by atoms with Crippen LogP contribution in [0.1, 0.15) is 19.4 Å². The van der Waals surface area contributed by atoms with Gasteiger partial charge in [0.1, 0.15) is 10.6 Å². The van der Waals surface area contributed by atoms with Crippen molar-refractivity contribution >= 4 is 54.8 Å². The molecule has 2 N–H and O–H groups in total. The monoisotopic (exact) mass is 500 g/mol. The number of aryl methyl sites for hydroxylation is 1. The maximum atomic E-state index is 12.8. The number of benzene rings is 2. The number of hydrogen-bond donors (Lipinski definition) is 2. The van der Waals surface area contributed by atoms with Crippen molar-refractivity contribution in [2.24, 2.45) is 15.3 Å². The highest BCUT2D eigenvalue weighted by molar-refractivity contribution is 7.86. The van der Waals surface area contributed by atoms with Crippen LogP contribution in [0, 0.1) is 0 Å². The highest BCUT2D eigenvalue weighted by Gasteiger charge is 2.35. The minimum Gasteiger partial charge on any atom is -0.282 e. The summed E-state index contributed by atoms with van der Waals surface area (Å²) in [7, 11) is -9.16. The normalized spacial score (nSPS) is 17.3. The van der Waals surface area contributed by atoms with Crippen molar-refractivity contribution in [2.45, 2.75) is 36.1 Å². The molecule has 1 aliphatic rings. The second kappa shape index (κ2) is 8.67. The first-order valence-corrected chi connectivity index (χ1v) is 12.3. The third-order valence-corrected chi connectivity index (χ3v) is 6.61. The zero-order valence-electron chi connectivity index (χ0n) is 16.7. The molecular formula is C18H17ClN4O7S2. The molecule has 14 heteroatoms. The zero-order valence-corrected chi connectivity index (χ0v) is 19.1. The van der Waals surface area contributed by atoms with Gasteiger partial charge in [-0.25, -0.2) is 0 Å². The van der Waals surface area contributed by atoms with E-state index in [4.69, 9.17) is 11.6 Å². The molecule has 1 aliphatic heterocycles. The summed E-state index contributed by atoms with van der Waals surface area (Å²) in [6.07, 6.45) is 0.452. The Morgan fingerprint density at radius 2 is 1.81 bits per heavy atom. The standard InChI is InChI=1S/C18H17ClN4O7S2/c1-3-11-7-15(16(9-14(11)19)32(28,29)30)20-21-17-10(2)22-23(18(17)24)12-5-4-6-13(8-12)31(25,26)27/h4-9,17H,3H2,1-2H3,(H,25,26,27)(H,28,29,30). The van der Waals surface area contributed by atoms with Crippen molar-refractivity contribution in [3.8, 4) is 0 Å². The molecule has 1 heterocycles. The zero-order chi connectivity index (χ0) is 23.8. The maximum absolute atomic E-state index is 12.8. The molecule has 2 aromatic carbocycles. The molecule has 0 saturated heterocycles. The van der Waals surface area contributed by atoms with E-state index >= 15 is 0 Å². The highest BCUT2D eigenvalue weighted by Crippen LogP contribution is 2.32.